The second-order valence-corrected chi connectivity index (χ2v) is 6.64. The Balaban J connectivity index is 2.51. The molecule has 0 spiro atoms. The van der Waals surface area contributed by atoms with Gasteiger partial charge >= 0.3 is 0 Å². The molecule has 0 atom stereocenters. The molecular formula is C20H34O2. The number of Topliss-reactive ketones (excluding diaryl/α,β-unsaturated/α-hetero) is 1. The van der Waals surface area contributed by atoms with Crippen molar-refractivity contribution >= 4 is 5.78 Å². The van der Waals surface area contributed by atoms with E-state index in [0.717, 1.165) is 12.8 Å². The third-order valence-electron chi connectivity index (χ3n) is 5.04. The molecule has 0 heterocycles. The summed E-state index contributed by atoms with van der Waals surface area (Å²) in [5.41, 5.74) is 1.85. The van der Waals surface area contributed by atoms with Crippen LogP contribution in [-0.4, -0.2) is 19.5 Å². The fraction of sp³-hybridized carbons (Fsp3) is 0.750. The van der Waals surface area contributed by atoms with Crippen molar-refractivity contribution in [1.29, 1.82) is 0 Å². The Labute approximate surface area is 137 Å². The predicted molar refractivity (Wildman–Crippen MR) is 94.1 cm³/mol. The maximum absolute atomic E-state index is 12.9. The molecule has 0 aromatic carbocycles. The summed E-state index contributed by atoms with van der Waals surface area (Å²) in [7, 11) is 1.69. The monoisotopic (exact) mass is 306 g/mol. The highest BCUT2D eigenvalue weighted by Gasteiger charge is 2.41. The molecular weight excluding hydrogens is 272 g/mol. The number of unbranched alkanes of at least 4 members (excludes halogenated alkanes) is 6. The molecule has 0 aromatic rings. The molecule has 126 valence electrons. The van der Waals surface area contributed by atoms with Crippen LogP contribution in [-0.2, 0) is 9.53 Å². The van der Waals surface area contributed by atoms with Crippen molar-refractivity contribution in [3.8, 4) is 0 Å². The van der Waals surface area contributed by atoms with E-state index >= 15 is 0 Å². The van der Waals surface area contributed by atoms with E-state index in [1.165, 1.54) is 49.7 Å². The molecule has 0 radical (unpaired) electrons. The Kier molecular flexibility index (Phi) is 8.70. The van der Waals surface area contributed by atoms with Crippen molar-refractivity contribution in [3.05, 3.63) is 23.3 Å². The molecule has 0 bridgehead atoms. The van der Waals surface area contributed by atoms with E-state index in [1.807, 2.05) is 0 Å². The minimum atomic E-state index is -0.491. The predicted octanol–water partition coefficient (Wildman–Crippen LogP) is 5.63. The number of ketones is 1. The van der Waals surface area contributed by atoms with Crippen molar-refractivity contribution in [2.45, 2.75) is 78.6 Å². The fourth-order valence-electron chi connectivity index (χ4n) is 3.49. The van der Waals surface area contributed by atoms with Crippen LogP contribution in [0.5, 0.6) is 0 Å². The molecule has 2 heteroatoms. The second-order valence-electron chi connectivity index (χ2n) is 6.64. The lowest BCUT2D eigenvalue weighted by molar-refractivity contribution is -0.127. The zero-order valence-electron chi connectivity index (χ0n) is 15.0. The second kappa shape index (κ2) is 9.99. The Morgan fingerprint density at radius 2 is 1.59 bits per heavy atom. The van der Waals surface area contributed by atoms with E-state index in [0.29, 0.717) is 18.8 Å². The van der Waals surface area contributed by atoms with E-state index in [-0.39, 0.29) is 0 Å². The van der Waals surface area contributed by atoms with Crippen LogP contribution < -0.4 is 0 Å². The summed E-state index contributed by atoms with van der Waals surface area (Å²) in [5.74, 6) is 0.338. The van der Waals surface area contributed by atoms with Crippen molar-refractivity contribution < 1.29 is 9.53 Å². The molecule has 0 aromatic heterocycles. The van der Waals surface area contributed by atoms with Crippen LogP contribution in [0.4, 0.5) is 0 Å². The van der Waals surface area contributed by atoms with Gasteiger partial charge < -0.3 is 4.74 Å². The lowest BCUT2D eigenvalue weighted by Crippen LogP contribution is -2.39. The molecule has 22 heavy (non-hydrogen) atoms. The highest BCUT2D eigenvalue weighted by Crippen LogP contribution is 2.41. The molecule has 2 nitrogen and oxygen atoms in total. The van der Waals surface area contributed by atoms with Crippen LogP contribution >= 0.6 is 0 Å². The average molecular weight is 306 g/mol. The summed E-state index contributed by atoms with van der Waals surface area (Å²) in [6, 6.07) is 0. The van der Waals surface area contributed by atoms with E-state index in [4.69, 9.17) is 4.74 Å². The summed E-state index contributed by atoms with van der Waals surface area (Å²) in [4.78, 5) is 12.9. The minimum Gasteiger partial charge on any atom is -0.383 e. The first-order chi connectivity index (χ1) is 10.6. The van der Waals surface area contributed by atoms with Gasteiger partial charge in [0, 0.05) is 13.5 Å². The minimum absolute atomic E-state index is 0.338. The number of hydrogen-bond donors (Lipinski definition) is 0. The van der Waals surface area contributed by atoms with E-state index in [9.17, 15) is 4.79 Å². The van der Waals surface area contributed by atoms with Crippen LogP contribution in [0, 0.1) is 5.41 Å². The van der Waals surface area contributed by atoms with Gasteiger partial charge in [-0.25, -0.2) is 0 Å². The van der Waals surface area contributed by atoms with Gasteiger partial charge in [0.25, 0.3) is 0 Å². The van der Waals surface area contributed by atoms with Gasteiger partial charge in [-0.05, 0) is 26.7 Å². The van der Waals surface area contributed by atoms with Gasteiger partial charge in [-0.2, -0.15) is 0 Å². The number of hydrogen-bond acceptors (Lipinski definition) is 2. The maximum Gasteiger partial charge on any atom is 0.149 e. The van der Waals surface area contributed by atoms with Gasteiger partial charge in [0.05, 0.1) is 12.0 Å². The van der Waals surface area contributed by atoms with Gasteiger partial charge in [-0.3, -0.25) is 4.79 Å². The molecule has 0 N–H and O–H groups in total. The topological polar surface area (TPSA) is 26.3 Å². The fourth-order valence-corrected chi connectivity index (χ4v) is 3.49. The van der Waals surface area contributed by atoms with Crippen molar-refractivity contribution in [3.63, 3.8) is 0 Å². The van der Waals surface area contributed by atoms with Crippen molar-refractivity contribution in [1.82, 2.24) is 0 Å². The first kappa shape index (κ1) is 19.2. The molecule has 0 aliphatic heterocycles. The number of methoxy groups -OCH3 is 1. The summed E-state index contributed by atoms with van der Waals surface area (Å²) < 4.78 is 5.42. The van der Waals surface area contributed by atoms with Gasteiger partial charge in [0.1, 0.15) is 5.78 Å². The SMILES string of the molecule is CCCCCCCCCC(=O)C1(COC)C(C)=CCC=C1C. The van der Waals surface area contributed by atoms with E-state index in [1.54, 1.807) is 7.11 Å². The molecule has 1 aliphatic rings. The summed E-state index contributed by atoms with van der Waals surface area (Å²) in [6.07, 6.45) is 14.7. The van der Waals surface area contributed by atoms with Gasteiger partial charge in [-0.1, -0.05) is 68.7 Å². The molecule has 0 amide bonds. The molecule has 1 aliphatic carbocycles. The average Bonchev–Trinajstić information content (AvgIpc) is 2.50. The third kappa shape index (κ3) is 4.81. The standard InChI is InChI=1S/C20H34O2/c1-5-6-7-8-9-10-11-15-19(21)20(16-22-4)17(2)13-12-14-18(20)3/h13-14H,5-12,15-16H2,1-4H3. The van der Waals surface area contributed by atoms with E-state index in [2.05, 4.69) is 32.9 Å². The molecule has 1 rings (SSSR count). The van der Waals surface area contributed by atoms with Crippen molar-refractivity contribution in [2.75, 3.05) is 13.7 Å². The maximum atomic E-state index is 12.9. The zero-order valence-corrected chi connectivity index (χ0v) is 15.0. The van der Waals surface area contributed by atoms with Gasteiger partial charge in [0.15, 0.2) is 0 Å². The summed E-state index contributed by atoms with van der Waals surface area (Å²) in [5, 5.41) is 0. The summed E-state index contributed by atoms with van der Waals surface area (Å²) in [6.45, 7) is 6.88. The lowest BCUT2D eigenvalue weighted by Gasteiger charge is -2.36. The molecule has 0 unspecified atom stereocenters. The highest BCUT2D eigenvalue weighted by molar-refractivity contribution is 5.91. The number of ether oxygens (including phenoxy) is 1. The Morgan fingerprint density at radius 1 is 1.05 bits per heavy atom. The number of carbonyl (C=O) groups excluding carboxylic acids is 1. The van der Waals surface area contributed by atoms with Gasteiger partial charge in [0.2, 0.25) is 0 Å². The number of rotatable bonds is 11. The molecule has 0 saturated heterocycles. The first-order valence-corrected chi connectivity index (χ1v) is 8.96. The first-order valence-electron chi connectivity index (χ1n) is 8.96. The van der Waals surface area contributed by atoms with Crippen LogP contribution in [0.1, 0.15) is 78.6 Å². The quantitative estimate of drug-likeness (QED) is 0.365. The normalized spacial score (nSPS) is 17.1. The molecule has 0 fully saturated rings. The third-order valence-corrected chi connectivity index (χ3v) is 5.04. The Morgan fingerprint density at radius 3 is 2.14 bits per heavy atom. The highest BCUT2D eigenvalue weighted by atomic mass is 16.5. The zero-order chi connectivity index (χ0) is 16.4. The Bertz CT molecular complexity index is 386. The number of carbonyl (C=O) groups is 1. The van der Waals surface area contributed by atoms with Gasteiger partial charge in [-0.15, -0.1) is 0 Å². The smallest absolute Gasteiger partial charge is 0.149 e. The van der Waals surface area contributed by atoms with Crippen LogP contribution in [0.25, 0.3) is 0 Å². The number of allylic oxidation sites excluding steroid dienone is 2. The van der Waals surface area contributed by atoms with Crippen molar-refractivity contribution in [2.24, 2.45) is 5.41 Å². The van der Waals surface area contributed by atoms with Crippen LogP contribution in [0.15, 0.2) is 23.3 Å². The van der Waals surface area contributed by atoms with E-state index < -0.39 is 5.41 Å². The van der Waals surface area contributed by atoms with Crippen LogP contribution in [0.2, 0.25) is 0 Å². The largest absolute Gasteiger partial charge is 0.383 e. The molecule has 0 saturated carbocycles. The van der Waals surface area contributed by atoms with Crippen LogP contribution in [0.3, 0.4) is 0 Å². The Hall–Kier alpha value is -0.890. The summed E-state index contributed by atoms with van der Waals surface area (Å²) >= 11 is 0. The lowest BCUT2D eigenvalue weighted by atomic mass is 9.68.